The number of rotatable bonds is 4. The van der Waals surface area contributed by atoms with Crippen LogP contribution >= 0.6 is 0 Å². The van der Waals surface area contributed by atoms with Gasteiger partial charge in [-0.05, 0) is 26.2 Å². The maximum absolute atomic E-state index is 12.1. The van der Waals surface area contributed by atoms with Crippen molar-refractivity contribution in [2.75, 3.05) is 18.8 Å². The SMILES string of the molecule is CC(NC(=O)Cn1cnc(N)n1)C(=O)N1CCCCC1. The number of anilines is 1. The van der Waals surface area contributed by atoms with Crippen molar-refractivity contribution in [2.24, 2.45) is 0 Å². The molecule has 1 saturated heterocycles. The van der Waals surface area contributed by atoms with E-state index in [4.69, 9.17) is 5.73 Å². The topological polar surface area (TPSA) is 106 Å². The van der Waals surface area contributed by atoms with Gasteiger partial charge in [0.25, 0.3) is 0 Å². The molecule has 8 nitrogen and oxygen atoms in total. The first-order valence-corrected chi connectivity index (χ1v) is 6.79. The monoisotopic (exact) mass is 280 g/mol. The zero-order valence-electron chi connectivity index (χ0n) is 11.6. The van der Waals surface area contributed by atoms with Crippen LogP contribution in [0.1, 0.15) is 26.2 Å². The van der Waals surface area contributed by atoms with E-state index in [-0.39, 0.29) is 24.3 Å². The summed E-state index contributed by atoms with van der Waals surface area (Å²) in [5, 5.41) is 6.49. The van der Waals surface area contributed by atoms with Gasteiger partial charge in [0.1, 0.15) is 18.9 Å². The van der Waals surface area contributed by atoms with E-state index in [0.717, 1.165) is 32.4 Å². The summed E-state index contributed by atoms with van der Waals surface area (Å²) in [6.45, 7) is 3.25. The van der Waals surface area contributed by atoms with E-state index in [2.05, 4.69) is 15.4 Å². The van der Waals surface area contributed by atoms with Crippen molar-refractivity contribution in [1.82, 2.24) is 25.0 Å². The Hall–Kier alpha value is -2.12. The molecule has 1 aromatic heterocycles. The molecule has 1 atom stereocenters. The Kier molecular flexibility index (Phi) is 4.54. The quantitative estimate of drug-likeness (QED) is 0.764. The summed E-state index contributed by atoms with van der Waals surface area (Å²) in [5.41, 5.74) is 5.37. The van der Waals surface area contributed by atoms with Crippen LogP contribution in [0.5, 0.6) is 0 Å². The minimum atomic E-state index is -0.526. The van der Waals surface area contributed by atoms with Crippen LogP contribution in [0.4, 0.5) is 5.95 Å². The molecule has 3 N–H and O–H groups in total. The van der Waals surface area contributed by atoms with E-state index in [1.807, 2.05) is 4.90 Å². The molecule has 0 bridgehead atoms. The lowest BCUT2D eigenvalue weighted by Gasteiger charge is -2.29. The third-order valence-corrected chi connectivity index (χ3v) is 3.28. The van der Waals surface area contributed by atoms with Crippen LogP contribution in [0.15, 0.2) is 6.33 Å². The maximum Gasteiger partial charge on any atom is 0.244 e. The van der Waals surface area contributed by atoms with E-state index < -0.39 is 6.04 Å². The van der Waals surface area contributed by atoms with Crippen LogP contribution in [0.2, 0.25) is 0 Å². The Morgan fingerprint density at radius 3 is 2.70 bits per heavy atom. The average molecular weight is 280 g/mol. The molecule has 2 rings (SSSR count). The highest BCUT2D eigenvalue weighted by molar-refractivity contribution is 5.87. The molecule has 8 heteroatoms. The maximum atomic E-state index is 12.1. The third-order valence-electron chi connectivity index (χ3n) is 3.28. The van der Waals surface area contributed by atoms with Gasteiger partial charge in [0.05, 0.1) is 0 Å². The van der Waals surface area contributed by atoms with E-state index in [1.54, 1.807) is 6.92 Å². The summed E-state index contributed by atoms with van der Waals surface area (Å²) < 4.78 is 1.34. The molecule has 1 unspecified atom stereocenters. The molecule has 20 heavy (non-hydrogen) atoms. The highest BCUT2D eigenvalue weighted by Gasteiger charge is 2.23. The van der Waals surface area contributed by atoms with Crippen molar-refractivity contribution in [3.63, 3.8) is 0 Å². The summed E-state index contributed by atoms with van der Waals surface area (Å²) in [7, 11) is 0. The lowest BCUT2D eigenvalue weighted by atomic mass is 10.1. The Balaban J connectivity index is 1.82. The molecule has 0 aliphatic carbocycles. The lowest BCUT2D eigenvalue weighted by molar-refractivity contribution is -0.136. The van der Waals surface area contributed by atoms with Crippen molar-refractivity contribution < 1.29 is 9.59 Å². The first-order chi connectivity index (χ1) is 9.56. The predicted octanol–water partition coefficient (Wildman–Crippen LogP) is -0.622. The van der Waals surface area contributed by atoms with Gasteiger partial charge >= 0.3 is 0 Å². The van der Waals surface area contributed by atoms with Gasteiger partial charge in [-0.1, -0.05) is 0 Å². The number of hydrogen-bond acceptors (Lipinski definition) is 5. The Labute approximate surface area is 117 Å². The van der Waals surface area contributed by atoms with Gasteiger partial charge in [-0.25, -0.2) is 9.67 Å². The highest BCUT2D eigenvalue weighted by atomic mass is 16.2. The number of nitrogens with one attached hydrogen (secondary N) is 1. The summed E-state index contributed by atoms with van der Waals surface area (Å²) in [4.78, 5) is 29.5. The van der Waals surface area contributed by atoms with Crippen molar-refractivity contribution in [3.05, 3.63) is 6.33 Å². The van der Waals surface area contributed by atoms with Crippen LogP contribution in [0.3, 0.4) is 0 Å². The van der Waals surface area contributed by atoms with Gasteiger partial charge in [-0.15, -0.1) is 5.10 Å². The zero-order valence-corrected chi connectivity index (χ0v) is 11.6. The Morgan fingerprint density at radius 1 is 1.40 bits per heavy atom. The number of nitrogens with zero attached hydrogens (tertiary/aromatic N) is 4. The molecule has 0 aromatic carbocycles. The molecule has 2 heterocycles. The van der Waals surface area contributed by atoms with Gasteiger partial charge in [0.15, 0.2) is 0 Å². The van der Waals surface area contributed by atoms with E-state index in [9.17, 15) is 9.59 Å². The molecule has 1 aromatic rings. The fraction of sp³-hybridized carbons (Fsp3) is 0.667. The molecule has 2 amide bonds. The Bertz CT molecular complexity index is 480. The molecule has 0 spiro atoms. The second-order valence-corrected chi connectivity index (χ2v) is 4.98. The first kappa shape index (κ1) is 14.3. The van der Waals surface area contributed by atoms with E-state index in [1.165, 1.54) is 11.0 Å². The largest absolute Gasteiger partial charge is 0.367 e. The number of nitrogen functional groups attached to an aromatic ring is 1. The zero-order chi connectivity index (χ0) is 14.5. The van der Waals surface area contributed by atoms with Crippen LogP contribution < -0.4 is 11.1 Å². The number of hydrogen-bond donors (Lipinski definition) is 2. The van der Waals surface area contributed by atoms with E-state index in [0.29, 0.717) is 0 Å². The summed E-state index contributed by atoms with van der Waals surface area (Å²) in [5.74, 6) is -0.195. The smallest absolute Gasteiger partial charge is 0.244 e. The molecule has 0 radical (unpaired) electrons. The Morgan fingerprint density at radius 2 is 2.10 bits per heavy atom. The third kappa shape index (κ3) is 3.69. The number of nitrogens with two attached hydrogens (primary N) is 1. The van der Waals surface area contributed by atoms with Crippen molar-refractivity contribution >= 4 is 17.8 Å². The van der Waals surface area contributed by atoms with Gasteiger partial charge in [-0.3, -0.25) is 9.59 Å². The van der Waals surface area contributed by atoms with Crippen LogP contribution in [-0.4, -0.2) is 50.6 Å². The second kappa shape index (κ2) is 6.36. The van der Waals surface area contributed by atoms with Crippen molar-refractivity contribution in [1.29, 1.82) is 0 Å². The summed E-state index contributed by atoms with van der Waals surface area (Å²) >= 11 is 0. The number of amides is 2. The molecular formula is C12H20N6O2. The van der Waals surface area contributed by atoms with Gasteiger partial charge < -0.3 is 16.0 Å². The fourth-order valence-corrected chi connectivity index (χ4v) is 2.27. The molecule has 0 saturated carbocycles. The number of carbonyl (C=O) groups is 2. The summed E-state index contributed by atoms with van der Waals surface area (Å²) in [6.07, 6.45) is 4.61. The minimum absolute atomic E-state index is 0.00181. The lowest BCUT2D eigenvalue weighted by Crippen LogP contribution is -2.49. The number of likely N-dealkylation sites (tertiary alicyclic amines) is 1. The number of carbonyl (C=O) groups excluding carboxylic acids is 2. The molecule has 1 aliphatic rings. The molecule has 1 fully saturated rings. The van der Waals surface area contributed by atoms with Crippen LogP contribution in [0, 0.1) is 0 Å². The van der Waals surface area contributed by atoms with Gasteiger partial charge in [0.2, 0.25) is 17.8 Å². The first-order valence-electron chi connectivity index (χ1n) is 6.79. The van der Waals surface area contributed by atoms with Gasteiger partial charge in [-0.2, -0.15) is 0 Å². The molecule has 1 aliphatic heterocycles. The molecular weight excluding hydrogens is 260 g/mol. The minimum Gasteiger partial charge on any atom is -0.367 e. The number of piperidine rings is 1. The van der Waals surface area contributed by atoms with Crippen molar-refractivity contribution in [2.45, 2.75) is 38.8 Å². The summed E-state index contributed by atoms with van der Waals surface area (Å²) in [6, 6.07) is -0.526. The fourth-order valence-electron chi connectivity index (χ4n) is 2.27. The van der Waals surface area contributed by atoms with Crippen LogP contribution in [-0.2, 0) is 16.1 Å². The van der Waals surface area contributed by atoms with Crippen molar-refractivity contribution in [3.8, 4) is 0 Å². The van der Waals surface area contributed by atoms with Crippen LogP contribution in [0.25, 0.3) is 0 Å². The normalized spacial score (nSPS) is 16.8. The second-order valence-electron chi connectivity index (χ2n) is 4.98. The predicted molar refractivity (Wildman–Crippen MR) is 72.5 cm³/mol. The molecule has 110 valence electrons. The average Bonchev–Trinajstić information content (AvgIpc) is 2.84. The van der Waals surface area contributed by atoms with E-state index >= 15 is 0 Å². The highest BCUT2D eigenvalue weighted by Crippen LogP contribution is 2.09. The standard InChI is InChI=1S/C12H20N6O2/c1-9(11(20)17-5-3-2-4-6-17)15-10(19)7-18-8-14-12(13)16-18/h8-9H,2-7H2,1H3,(H2,13,16)(H,15,19). The number of aromatic nitrogens is 3. The van der Waals surface area contributed by atoms with Gasteiger partial charge in [0, 0.05) is 13.1 Å².